The van der Waals surface area contributed by atoms with E-state index in [-0.39, 0.29) is 35.8 Å². The molecule has 1 aromatic rings. The molecule has 0 radical (unpaired) electrons. The normalized spacial score (nSPS) is 23.7. The largest absolute Gasteiger partial charge is 0.335 e. The van der Waals surface area contributed by atoms with Crippen LogP contribution in [0.2, 0.25) is 5.02 Å². The van der Waals surface area contributed by atoms with E-state index in [1.807, 2.05) is 6.92 Å². The Morgan fingerprint density at radius 2 is 1.89 bits per heavy atom. The molecule has 0 spiro atoms. The van der Waals surface area contributed by atoms with Crippen LogP contribution in [0.25, 0.3) is 0 Å². The van der Waals surface area contributed by atoms with Crippen molar-refractivity contribution in [3.8, 4) is 0 Å². The first-order valence-electron chi connectivity index (χ1n) is 9.11. The van der Waals surface area contributed by atoms with Crippen molar-refractivity contribution < 1.29 is 18.8 Å². The van der Waals surface area contributed by atoms with Gasteiger partial charge in [-0.05, 0) is 37.9 Å². The average molecular weight is 396 g/mol. The number of rotatable bonds is 5. The van der Waals surface area contributed by atoms with Gasteiger partial charge < -0.3 is 0 Å². The summed E-state index contributed by atoms with van der Waals surface area (Å²) >= 11 is 6.04. The molecule has 1 aromatic carbocycles. The van der Waals surface area contributed by atoms with Gasteiger partial charge in [-0.1, -0.05) is 37.4 Å². The highest BCUT2D eigenvalue weighted by Crippen LogP contribution is 2.31. The Balaban J connectivity index is 1.72. The summed E-state index contributed by atoms with van der Waals surface area (Å²) in [6.07, 6.45) is 3.66. The number of amides is 4. The molecule has 2 atom stereocenters. The van der Waals surface area contributed by atoms with Gasteiger partial charge in [-0.2, -0.15) is 0 Å². The van der Waals surface area contributed by atoms with Gasteiger partial charge in [0.25, 0.3) is 0 Å². The van der Waals surface area contributed by atoms with Crippen molar-refractivity contribution in [2.75, 3.05) is 13.7 Å². The van der Waals surface area contributed by atoms with Crippen LogP contribution in [0, 0.1) is 11.7 Å². The van der Waals surface area contributed by atoms with Gasteiger partial charge in [0.1, 0.15) is 5.82 Å². The third-order valence-electron chi connectivity index (χ3n) is 5.35. The summed E-state index contributed by atoms with van der Waals surface area (Å²) < 4.78 is 14.0. The van der Waals surface area contributed by atoms with Gasteiger partial charge in [-0.15, -0.1) is 0 Å². The lowest BCUT2D eigenvalue weighted by Gasteiger charge is -2.34. The minimum atomic E-state index is -0.829. The van der Waals surface area contributed by atoms with Crippen LogP contribution < -0.4 is 0 Å². The Morgan fingerprint density at radius 3 is 2.56 bits per heavy atom. The van der Waals surface area contributed by atoms with E-state index >= 15 is 0 Å². The van der Waals surface area contributed by atoms with E-state index in [4.69, 9.17) is 11.6 Å². The predicted molar refractivity (Wildman–Crippen MR) is 98.3 cm³/mol. The maximum Gasteiger partial charge on any atom is 0.335 e. The summed E-state index contributed by atoms with van der Waals surface area (Å²) in [4.78, 5) is 41.2. The van der Waals surface area contributed by atoms with Crippen LogP contribution in [0.15, 0.2) is 18.2 Å². The Kier molecular flexibility index (Phi) is 5.81. The molecule has 0 aromatic heterocycles. The molecular weight excluding hydrogens is 373 g/mol. The molecule has 3 rings (SSSR count). The molecule has 27 heavy (non-hydrogen) atoms. The Bertz CT molecular complexity index is 752. The van der Waals surface area contributed by atoms with Crippen molar-refractivity contribution in [1.29, 1.82) is 0 Å². The summed E-state index contributed by atoms with van der Waals surface area (Å²) in [5, 5.41) is 0.273. The zero-order valence-electron chi connectivity index (χ0n) is 15.5. The second kappa shape index (κ2) is 7.94. The standard InChI is InChI=1S/C19H23ClFN3O3/c1-12-6-3-4-9-16(12)24-18(26)17(25)23(19(24)27)11-22(2)10-13-14(20)7-5-8-15(13)21/h5,7-8,12,16H,3-4,6,9-11H2,1-2H3/t12-,16+/m0/s1. The number of halogens is 2. The fourth-order valence-corrected chi connectivity index (χ4v) is 4.09. The molecule has 1 aliphatic heterocycles. The molecule has 1 heterocycles. The number of hydrogen-bond acceptors (Lipinski definition) is 4. The van der Waals surface area contributed by atoms with Crippen LogP contribution in [-0.2, 0) is 16.1 Å². The molecule has 146 valence electrons. The van der Waals surface area contributed by atoms with E-state index in [0.717, 1.165) is 35.5 Å². The van der Waals surface area contributed by atoms with Gasteiger partial charge >= 0.3 is 17.8 Å². The fourth-order valence-electron chi connectivity index (χ4n) is 3.86. The second-order valence-corrected chi connectivity index (χ2v) is 7.78. The average Bonchev–Trinajstić information content (AvgIpc) is 2.83. The smallest absolute Gasteiger partial charge is 0.284 e. The Morgan fingerprint density at radius 1 is 1.19 bits per heavy atom. The van der Waals surface area contributed by atoms with Crippen LogP contribution in [0.3, 0.4) is 0 Å². The van der Waals surface area contributed by atoms with E-state index in [0.29, 0.717) is 0 Å². The zero-order valence-corrected chi connectivity index (χ0v) is 16.2. The van der Waals surface area contributed by atoms with Crippen LogP contribution >= 0.6 is 11.6 Å². The molecule has 0 bridgehead atoms. The summed E-state index contributed by atoms with van der Waals surface area (Å²) in [7, 11) is 1.64. The third kappa shape index (κ3) is 3.84. The first kappa shape index (κ1) is 19.8. The minimum absolute atomic E-state index is 0.105. The summed E-state index contributed by atoms with van der Waals surface area (Å²) in [6.45, 7) is 2.01. The highest BCUT2D eigenvalue weighted by atomic mass is 35.5. The van der Waals surface area contributed by atoms with Crippen molar-refractivity contribution in [3.63, 3.8) is 0 Å². The molecule has 0 N–H and O–H groups in total. The number of benzene rings is 1. The number of urea groups is 1. The molecule has 4 amide bonds. The highest BCUT2D eigenvalue weighted by Gasteiger charge is 2.49. The van der Waals surface area contributed by atoms with Gasteiger partial charge in [-0.25, -0.2) is 14.1 Å². The molecule has 6 nitrogen and oxygen atoms in total. The van der Waals surface area contributed by atoms with Gasteiger partial charge in [0, 0.05) is 23.2 Å². The first-order chi connectivity index (χ1) is 12.8. The Labute approximate surface area is 162 Å². The number of imide groups is 2. The van der Waals surface area contributed by atoms with Gasteiger partial charge in [0.05, 0.1) is 6.67 Å². The van der Waals surface area contributed by atoms with E-state index < -0.39 is 23.7 Å². The monoisotopic (exact) mass is 395 g/mol. The molecule has 1 saturated heterocycles. The van der Waals surface area contributed by atoms with Crippen LogP contribution in [-0.4, -0.2) is 52.3 Å². The summed E-state index contributed by atoms with van der Waals surface area (Å²) in [6, 6.07) is 3.57. The highest BCUT2D eigenvalue weighted by molar-refractivity contribution is 6.44. The van der Waals surface area contributed by atoms with Crippen molar-refractivity contribution >= 4 is 29.4 Å². The molecule has 2 aliphatic rings. The van der Waals surface area contributed by atoms with Crippen LogP contribution in [0.1, 0.15) is 38.2 Å². The van der Waals surface area contributed by atoms with Crippen molar-refractivity contribution in [2.45, 2.75) is 45.2 Å². The number of carbonyl (C=O) groups is 3. The first-order valence-corrected chi connectivity index (χ1v) is 9.49. The van der Waals surface area contributed by atoms with Gasteiger partial charge in [0.15, 0.2) is 0 Å². The van der Waals surface area contributed by atoms with E-state index in [1.54, 1.807) is 18.0 Å². The minimum Gasteiger partial charge on any atom is -0.284 e. The molecule has 1 aliphatic carbocycles. The maximum atomic E-state index is 14.0. The molecular formula is C19H23ClFN3O3. The molecule has 8 heteroatoms. The van der Waals surface area contributed by atoms with Crippen molar-refractivity contribution in [1.82, 2.24) is 14.7 Å². The maximum absolute atomic E-state index is 14.0. The molecule has 1 saturated carbocycles. The molecule has 0 unspecified atom stereocenters. The summed E-state index contributed by atoms with van der Waals surface area (Å²) in [5.41, 5.74) is 0.282. The van der Waals surface area contributed by atoms with E-state index in [1.165, 1.54) is 12.1 Å². The van der Waals surface area contributed by atoms with Crippen molar-refractivity contribution in [2.24, 2.45) is 5.92 Å². The second-order valence-electron chi connectivity index (χ2n) is 7.38. The number of nitrogens with zero attached hydrogens (tertiary/aromatic N) is 3. The predicted octanol–water partition coefficient (Wildman–Crippen LogP) is 3.24. The quantitative estimate of drug-likeness (QED) is 0.567. The van der Waals surface area contributed by atoms with Crippen LogP contribution in [0.4, 0.5) is 9.18 Å². The lowest BCUT2D eigenvalue weighted by molar-refractivity contribution is -0.145. The lowest BCUT2D eigenvalue weighted by atomic mass is 9.85. The van der Waals surface area contributed by atoms with Crippen molar-refractivity contribution in [3.05, 3.63) is 34.6 Å². The zero-order chi connectivity index (χ0) is 19.7. The third-order valence-corrected chi connectivity index (χ3v) is 5.71. The van der Waals surface area contributed by atoms with Gasteiger partial charge in [-0.3, -0.25) is 19.4 Å². The number of hydrogen-bond donors (Lipinski definition) is 0. The topological polar surface area (TPSA) is 60.9 Å². The fraction of sp³-hybridized carbons (Fsp3) is 0.526. The van der Waals surface area contributed by atoms with E-state index in [9.17, 15) is 18.8 Å². The molecule has 2 fully saturated rings. The Hall–Kier alpha value is -1.99. The van der Waals surface area contributed by atoms with E-state index in [2.05, 4.69) is 0 Å². The number of carbonyl (C=O) groups excluding carboxylic acids is 3. The summed E-state index contributed by atoms with van der Waals surface area (Å²) in [5.74, 6) is -1.88. The van der Waals surface area contributed by atoms with Gasteiger partial charge in [0.2, 0.25) is 0 Å². The SMILES string of the molecule is C[C@H]1CCCC[C@H]1N1C(=O)C(=O)N(CN(C)Cc2c(F)cccc2Cl)C1=O. The lowest BCUT2D eigenvalue weighted by Crippen LogP contribution is -2.46. The van der Waals surface area contributed by atoms with Crippen LogP contribution in [0.5, 0.6) is 0 Å².